The monoisotopic (exact) mass is 296 g/mol. The number of pyridine rings is 2. The van der Waals surface area contributed by atoms with Crippen LogP contribution in [0.1, 0.15) is 26.5 Å². The van der Waals surface area contributed by atoms with Crippen LogP contribution in [0, 0.1) is 0 Å². The molecule has 0 fully saturated rings. The van der Waals surface area contributed by atoms with Gasteiger partial charge in [0, 0.05) is 12.4 Å². The van der Waals surface area contributed by atoms with Crippen molar-refractivity contribution in [3.8, 4) is 0 Å². The van der Waals surface area contributed by atoms with Gasteiger partial charge in [-0.05, 0) is 24.3 Å². The maximum absolute atomic E-state index is 12.1. The second kappa shape index (κ2) is 5.72. The minimum atomic E-state index is -0.548. The highest BCUT2D eigenvalue weighted by atomic mass is 16.2. The summed E-state index contributed by atoms with van der Waals surface area (Å²) in [6, 6.07) is 8.46. The topological polar surface area (TPSA) is 92.3 Å². The molecule has 0 radical (unpaired) electrons. The van der Waals surface area contributed by atoms with Gasteiger partial charge in [0.15, 0.2) is 0 Å². The molecular weight excluding hydrogens is 284 g/mol. The number of aromatic nitrogens is 2. The Hall–Kier alpha value is -3.09. The molecule has 3 rings (SSSR count). The van der Waals surface area contributed by atoms with Gasteiger partial charge in [-0.25, -0.2) is 0 Å². The summed E-state index contributed by atoms with van der Waals surface area (Å²) in [4.78, 5) is 44.9. The zero-order valence-electron chi connectivity index (χ0n) is 11.5. The van der Waals surface area contributed by atoms with Crippen molar-refractivity contribution in [2.24, 2.45) is 0 Å². The summed E-state index contributed by atoms with van der Waals surface area (Å²) in [5.41, 5.74) is 1.01. The SMILES string of the molecule is O=C(CN1C(=O)c2cccnc2C1=O)NCc1ccccn1. The Morgan fingerprint density at radius 1 is 1.05 bits per heavy atom. The van der Waals surface area contributed by atoms with E-state index >= 15 is 0 Å². The Bertz CT molecular complexity index is 710. The van der Waals surface area contributed by atoms with E-state index in [0.29, 0.717) is 5.69 Å². The van der Waals surface area contributed by atoms with Gasteiger partial charge >= 0.3 is 0 Å². The molecule has 1 aliphatic rings. The number of carbonyl (C=O) groups excluding carboxylic acids is 3. The molecule has 3 amide bonds. The van der Waals surface area contributed by atoms with Crippen LogP contribution in [0.15, 0.2) is 42.7 Å². The summed E-state index contributed by atoms with van der Waals surface area (Å²) in [5, 5.41) is 2.63. The third-order valence-electron chi connectivity index (χ3n) is 3.23. The van der Waals surface area contributed by atoms with Crippen molar-refractivity contribution in [2.45, 2.75) is 6.54 Å². The molecule has 2 aromatic rings. The maximum Gasteiger partial charge on any atom is 0.280 e. The van der Waals surface area contributed by atoms with Gasteiger partial charge in [0.25, 0.3) is 11.8 Å². The molecule has 7 nitrogen and oxygen atoms in total. The number of hydrogen-bond donors (Lipinski definition) is 1. The van der Waals surface area contributed by atoms with Crippen LogP contribution in [0.2, 0.25) is 0 Å². The molecule has 0 unspecified atom stereocenters. The van der Waals surface area contributed by atoms with Crippen molar-refractivity contribution in [3.05, 3.63) is 59.7 Å². The van der Waals surface area contributed by atoms with E-state index in [1.54, 1.807) is 24.4 Å². The number of carbonyl (C=O) groups is 3. The highest BCUT2D eigenvalue weighted by Gasteiger charge is 2.37. The second-order valence-electron chi connectivity index (χ2n) is 4.69. The zero-order chi connectivity index (χ0) is 15.5. The number of hydrogen-bond acceptors (Lipinski definition) is 5. The number of rotatable bonds is 4. The minimum Gasteiger partial charge on any atom is -0.349 e. The van der Waals surface area contributed by atoms with Crippen molar-refractivity contribution in [3.63, 3.8) is 0 Å². The first-order chi connectivity index (χ1) is 10.7. The standard InChI is InChI=1S/C15H12N4O3/c20-12(18-8-10-4-1-2-6-16-10)9-19-14(21)11-5-3-7-17-13(11)15(19)22/h1-7H,8-9H2,(H,18,20). The summed E-state index contributed by atoms with van der Waals surface area (Å²) in [6.45, 7) is -0.0953. The maximum atomic E-state index is 12.1. The Morgan fingerprint density at radius 3 is 2.59 bits per heavy atom. The lowest BCUT2D eigenvalue weighted by molar-refractivity contribution is -0.121. The molecule has 0 atom stereocenters. The van der Waals surface area contributed by atoms with Crippen LogP contribution in [0.25, 0.3) is 0 Å². The lowest BCUT2D eigenvalue weighted by Gasteiger charge is -2.13. The van der Waals surface area contributed by atoms with Crippen molar-refractivity contribution >= 4 is 17.7 Å². The van der Waals surface area contributed by atoms with Gasteiger partial charge in [-0.3, -0.25) is 29.3 Å². The van der Waals surface area contributed by atoms with E-state index in [0.717, 1.165) is 4.90 Å². The normalized spacial score (nSPS) is 13.2. The predicted molar refractivity (Wildman–Crippen MR) is 75.7 cm³/mol. The molecule has 2 aromatic heterocycles. The molecule has 0 spiro atoms. The molecule has 7 heteroatoms. The minimum absolute atomic E-state index is 0.0880. The fourth-order valence-electron chi connectivity index (χ4n) is 2.15. The molecule has 0 aromatic carbocycles. The molecule has 1 N–H and O–H groups in total. The molecule has 0 bridgehead atoms. The summed E-state index contributed by atoms with van der Waals surface area (Å²) >= 11 is 0. The first-order valence-corrected chi connectivity index (χ1v) is 6.64. The van der Waals surface area contributed by atoms with E-state index in [4.69, 9.17) is 0 Å². The largest absolute Gasteiger partial charge is 0.349 e. The van der Waals surface area contributed by atoms with Crippen LogP contribution in [0.4, 0.5) is 0 Å². The van der Waals surface area contributed by atoms with Crippen LogP contribution in [0.3, 0.4) is 0 Å². The molecule has 1 aliphatic heterocycles. The van der Waals surface area contributed by atoms with Gasteiger partial charge in [-0.2, -0.15) is 0 Å². The lowest BCUT2D eigenvalue weighted by Crippen LogP contribution is -2.40. The Balaban J connectivity index is 1.63. The molecule has 0 saturated carbocycles. The van der Waals surface area contributed by atoms with E-state index in [1.807, 2.05) is 6.07 Å². The van der Waals surface area contributed by atoms with E-state index in [1.165, 1.54) is 12.3 Å². The van der Waals surface area contributed by atoms with Gasteiger partial charge in [-0.15, -0.1) is 0 Å². The van der Waals surface area contributed by atoms with Crippen molar-refractivity contribution < 1.29 is 14.4 Å². The van der Waals surface area contributed by atoms with Gasteiger partial charge in [-0.1, -0.05) is 6.07 Å². The molecule has 22 heavy (non-hydrogen) atoms. The average Bonchev–Trinajstić information content (AvgIpc) is 2.79. The van der Waals surface area contributed by atoms with E-state index < -0.39 is 17.7 Å². The summed E-state index contributed by atoms with van der Waals surface area (Å²) in [5.74, 6) is -1.48. The van der Waals surface area contributed by atoms with Crippen LogP contribution < -0.4 is 5.32 Å². The van der Waals surface area contributed by atoms with Crippen molar-refractivity contribution in [2.75, 3.05) is 6.54 Å². The number of amides is 3. The summed E-state index contributed by atoms with van der Waals surface area (Å²) in [6.07, 6.45) is 3.06. The van der Waals surface area contributed by atoms with E-state index in [2.05, 4.69) is 15.3 Å². The Morgan fingerprint density at radius 2 is 1.86 bits per heavy atom. The summed E-state index contributed by atoms with van der Waals surface area (Å²) < 4.78 is 0. The quantitative estimate of drug-likeness (QED) is 0.824. The fourth-order valence-corrected chi connectivity index (χ4v) is 2.15. The highest BCUT2D eigenvalue weighted by Crippen LogP contribution is 2.19. The Kier molecular flexibility index (Phi) is 3.61. The average molecular weight is 296 g/mol. The van der Waals surface area contributed by atoms with Gasteiger partial charge in [0.2, 0.25) is 5.91 Å². The summed E-state index contributed by atoms with van der Waals surface area (Å²) in [7, 11) is 0. The fraction of sp³-hybridized carbons (Fsp3) is 0.133. The van der Waals surface area contributed by atoms with Crippen LogP contribution >= 0.6 is 0 Å². The molecular formula is C15H12N4O3. The molecule has 110 valence electrons. The van der Waals surface area contributed by atoms with Gasteiger partial charge < -0.3 is 5.32 Å². The lowest BCUT2D eigenvalue weighted by atomic mass is 10.2. The van der Waals surface area contributed by atoms with Gasteiger partial charge in [0.1, 0.15) is 12.2 Å². The van der Waals surface area contributed by atoms with E-state index in [-0.39, 0.29) is 24.3 Å². The van der Waals surface area contributed by atoms with E-state index in [9.17, 15) is 14.4 Å². The molecule has 3 heterocycles. The first kappa shape index (κ1) is 13.9. The van der Waals surface area contributed by atoms with Crippen molar-refractivity contribution in [1.82, 2.24) is 20.2 Å². The number of imide groups is 1. The van der Waals surface area contributed by atoms with Crippen LogP contribution in [-0.4, -0.2) is 39.1 Å². The zero-order valence-corrected chi connectivity index (χ0v) is 11.5. The second-order valence-corrected chi connectivity index (χ2v) is 4.69. The Labute approximate surface area is 126 Å². The molecule has 0 aliphatic carbocycles. The first-order valence-electron chi connectivity index (χ1n) is 6.64. The molecule has 0 saturated heterocycles. The number of nitrogens with zero attached hydrogens (tertiary/aromatic N) is 3. The van der Waals surface area contributed by atoms with Crippen molar-refractivity contribution in [1.29, 1.82) is 0 Å². The number of nitrogens with one attached hydrogen (secondary N) is 1. The predicted octanol–water partition coefficient (Wildman–Crippen LogP) is 0.389. The third kappa shape index (κ3) is 2.56. The number of fused-ring (bicyclic) bond motifs is 1. The highest BCUT2D eigenvalue weighted by molar-refractivity contribution is 6.21. The smallest absolute Gasteiger partial charge is 0.280 e. The van der Waals surface area contributed by atoms with Crippen LogP contribution in [0.5, 0.6) is 0 Å². The third-order valence-corrected chi connectivity index (χ3v) is 3.23. The van der Waals surface area contributed by atoms with Crippen LogP contribution in [-0.2, 0) is 11.3 Å². The van der Waals surface area contributed by atoms with Gasteiger partial charge in [0.05, 0.1) is 17.8 Å².